The second-order valence-corrected chi connectivity index (χ2v) is 8.86. The minimum absolute atomic E-state index is 0.132. The van der Waals surface area contributed by atoms with Crippen molar-refractivity contribution in [3.05, 3.63) is 12.2 Å². The van der Waals surface area contributed by atoms with Crippen molar-refractivity contribution < 1.29 is 27.6 Å². The quantitative estimate of drug-likeness (QED) is 0.210. The molecule has 0 unspecified atom stereocenters. The molecule has 0 fully saturated rings. The highest BCUT2D eigenvalue weighted by Crippen LogP contribution is 2.20. The van der Waals surface area contributed by atoms with Crippen LogP contribution in [0.1, 0.15) is 34.1 Å². The SMILES string of the molecule is C=C(C)C(=O)OCCNC(=O)SCCC[Si](OCC)(OCC)OCC. The average molecular weight is 394 g/mol. The lowest BCUT2D eigenvalue weighted by molar-refractivity contribution is -0.138. The first-order valence-electron chi connectivity index (χ1n) is 8.55. The fraction of sp³-hybridized carbons (Fsp3) is 0.750. The van der Waals surface area contributed by atoms with Crippen LogP contribution in [0.3, 0.4) is 0 Å². The van der Waals surface area contributed by atoms with E-state index in [-0.39, 0.29) is 18.4 Å². The third kappa shape index (κ3) is 11.4. The second-order valence-electron chi connectivity index (χ2n) is 5.06. The molecule has 0 rings (SSSR count). The smallest absolute Gasteiger partial charge is 0.460 e. The topological polar surface area (TPSA) is 83.1 Å². The molecule has 0 aliphatic carbocycles. The maximum atomic E-state index is 11.7. The molecule has 0 saturated carbocycles. The van der Waals surface area contributed by atoms with Crippen LogP contribution < -0.4 is 5.32 Å². The van der Waals surface area contributed by atoms with Crippen LogP contribution in [-0.2, 0) is 22.8 Å². The maximum Gasteiger partial charge on any atom is 0.500 e. The van der Waals surface area contributed by atoms with E-state index in [1.165, 1.54) is 11.8 Å². The van der Waals surface area contributed by atoms with Crippen molar-refractivity contribution in [3.63, 3.8) is 0 Å². The minimum atomic E-state index is -2.63. The molecule has 0 saturated heterocycles. The van der Waals surface area contributed by atoms with E-state index in [4.69, 9.17) is 18.0 Å². The Morgan fingerprint density at radius 3 is 2.12 bits per heavy atom. The van der Waals surface area contributed by atoms with E-state index in [9.17, 15) is 9.59 Å². The van der Waals surface area contributed by atoms with Crippen molar-refractivity contribution in [2.75, 3.05) is 38.7 Å². The summed E-state index contributed by atoms with van der Waals surface area (Å²) in [5.41, 5.74) is 0.339. The number of rotatable bonds is 14. The number of carbonyl (C=O) groups is 2. The first-order valence-corrected chi connectivity index (χ1v) is 11.5. The van der Waals surface area contributed by atoms with Crippen LogP contribution in [0, 0.1) is 0 Å². The molecule has 0 aliphatic rings. The molecule has 7 nitrogen and oxygen atoms in total. The van der Waals surface area contributed by atoms with Crippen molar-refractivity contribution in [1.29, 1.82) is 0 Å². The number of carbonyl (C=O) groups excluding carboxylic acids is 2. The van der Waals surface area contributed by atoms with Crippen LogP contribution in [0.15, 0.2) is 12.2 Å². The van der Waals surface area contributed by atoms with Gasteiger partial charge in [-0.05, 0) is 34.1 Å². The third-order valence-corrected chi connectivity index (χ3v) is 6.96. The monoisotopic (exact) mass is 393 g/mol. The summed E-state index contributed by atoms with van der Waals surface area (Å²) in [6, 6.07) is 0.680. The van der Waals surface area contributed by atoms with E-state index < -0.39 is 14.8 Å². The highest BCUT2D eigenvalue weighted by molar-refractivity contribution is 8.13. The molecule has 0 bridgehead atoms. The van der Waals surface area contributed by atoms with Gasteiger partial charge in [-0.3, -0.25) is 4.79 Å². The molecule has 9 heteroatoms. The summed E-state index contributed by atoms with van der Waals surface area (Å²) in [6.45, 7) is 12.9. The second kappa shape index (κ2) is 14.3. The number of nitrogens with one attached hydrogen (secondary N) is 1. The van der Waals surface area contributed by atoms with Gasteiger partial charge in [0.15, 0.2) is 0 Å². The van der Waals surface area contributed by atoms with Crippen molar-refractivity contribution in [1.82, 2.24) is 5.32 Å². The molecule has 0 spiro atoms. The van der Waals surface area contributed by atoms with E-state index >= 15 is 0 Å². The molecule has 146 valence electrons. The van der Waals surface area contributed by atoms with Gasteiger partial charge in [-0.1, -0.05) is 18.3 Å². The molecule has 1 amide bonds. The lowest BCUT2D eigenvalue weighted by Crippen LogP contribution is -2.46. The highest BCUT2D eigenvalue weighted by atomic mass is 32.2. The summed E-state index contributed by atoms with van der Waals surface area (Å²) in [5.74, 6) is 0.185. The predicted octanol–water partition coefficient (Wildman–Crippen LogP) is 2.99. The lowest BCUT2D eigenvalue weighted by Gasteiger charge is -2.28. The molecule has 1 N–H and O–H groups in total. The summed E-state index contributed by atoms with van der Waals surface area (Å²) in [6.07, 6.45) is 0.759. The van der Waals surface area contributed by atoms with E-state index in [2.05, 4.69) is 11.9 Å². The Morgan fingerprint density at radius 1 is 1.08 bits per heavy atom. The fourth-order valence-electron chi connectivity index (χ4n) is 1.93. The Hall–Kier alpha value is -0.873. The van der Waals surface area contributed by atoms with Crippen LogP contribution in [0.2, 0.25) is 6.04 Å². The van der Waals surface area contributed by atoms with E-state index in [0.717, 1.165) is 6.42 Å². The zero-order valence-electron chi connectivity index (χ0n) is 15.7. The largest absolute Gasteiger partial charge is 0.500 e. The summed E-state index contributed by atoms with van der Waals surface area (Å²) < 4.78 is 22.2. The predicted molar refractivity (Wildman–Crippen MR) is 102 cm³/mol. The number of ether oxygens (including phenoxy) is 1. The van der Waals surface area contributed by atoms with Crippen molar-refractivity contribution >= 4 is 31.8 Å². The average Bonchev–Trinajstić information content (AvgIpc) is 2.56. The Bertz CT molecular complexity index is 404. The fourth-order valence-corrected chi connectivity index (χ4v) is 5.47. The molecule has 0 atom stereocenters. The van der Waals surface area contributed by atoms with Crippen LogP contribution in [0.25, 0.3) is 0 Å². The molecule has 0 aromatic heterocycles. The number of hydrogen-bond donors (Lipinski definition) is 1. The van der Waals surface area contributed by atoms with Gasteiger partial charge in [0.2, 0.25) is 0 Å². The number of thioether (sulfide) groups is 1. The molecular formula is C16H31NO6SSi. The Balaban J connectivity index is 4.01. The molecule has 0 aromatic rings. The molecule has 0 heterocycles. The molecule has 0 aromatic carbocycles. The molecular weight excluding hydrogens is 362 g/mol. The van der Waals surface area contributed by atoms with E-state index in [0.29, 0.717) is 37.2 Å². The Labute approximate surface area is 156 Å². The highest BCUT2D eigenvalue weighted by Gasteiger charge is 2.39. The standard InChI is InChI=1S/C16H31NO6SSi/c1-6-21-25(22-7-2,23-8-3)13-9-12-24-16(19)17-10-11-20-15(18)14(4)5/h4,6-13H2,1-3,5H3,(H,17,19). The zero-order valence-corrected chi connectivity index (χ0v) is 17.5. The number of amides is 1. The van der Waals surface area contributed by atoms with Gasteiger partial charge in [0.05, 0.1) is 6.54 Å². The van der Waals surface area contributed by atoms with Gasteiger partial charge < -0.3 is 23.3 Å². The first-order chi connectivity index (χ1) is 11.9. The third-order valence-electron chi connectivity index (χ3n) is 2.91. The summed E-state index contributed by atoms with van der Waals surface area (Å²) >= 11 is 1.18. The Kier molecular flexibility index (Phi) is 13.8. The van der Waals surface area contributed by atoms with Gasteiger partial charge >= 0.3 is 14.8 Å². The van der Waals surface area contributed by atoms with Gasteiger partial charge in [-0.2, -0.15) is 0 Å². The Morgan fingerprint density at radius 2 is 1.64 bits per heavy atom. The lowest BCUT2D eigenvalue weighted by atomic mass is 10.4. The summed E-state index contributed by atoms with van der Waals surface area (Å²) in [7, 11) is -2.63. The summed E-state index contributed by atoms with van der Waals surface area (Å²) in [4.78, 5) is 22.9. The van der Waals surface area contributed by atoms with Gasteiger partial charge in [-0.15, -0.1) is 0 Å². The first kappa shape index (κ1) is 24.1. The minimum Gasteiger partial charge on any atom is -0.460 e. The summed E-state index contributed by atoms with van der Waals surface area (Å²) in [5, 5.41) is 2.53. The van der Waals surface area contributed by atoms with Gasteiger partial charge in [-0.25, -0.2) is 4.79 Å². The zero-order chi connectivity index (χ0) is 19.1. The number of hydrogen-bond acceptors (Lipinski definition) is 7. The van der Waals surface area contributed by atoms with Crippen molar-refractivity contribution in [2.24, 2.45) is 0 Å². The maximum absolute atomic E-state index is 11.7. The normalized spacial score (nSPS) is 11.2. The van der Waals surface area contributed by atoms with Crippen molar-refractivity contribution in [2.45, 2.75) is 40.2 Å². The van der Waals surface area contributed by atoms with E-state index in [1.807, 2.05) is 20.8 Å². The van der Waals surface area contributed by atoms with Crippen molar-refractivity contribution in [3.8, 4) is 0 Å². The van der Waals surface area contributed by atoms with Gasteiger partial charge in [0.25, 0.3) is 5.24 Å². The van der Waals surface area contributed by atoms with E-state index in [1.54, 1.807) is 6.92 Å². The molecule has 25 heavy (non-hydrogen) atoms. The number of esters is 1. The van der Waals surface area contributed by atoms with Crippen LogP contribution in [-0.4, -0.2) is 58.7 Å². The van der Waals surface area contributed by atoms with Gasteiger partial charge in [0, 0.05) is 37.2 Å². The molecule has 0 radical (unpaired) electrons. The van der Waals surface area contributed by atoms with Gasteiger partial charge in [0.1, 0.15) is 6.61 Å². The van der Waals surface area contributed by atoms with Crippen LogP contribution in [0.4, 0.5) is 4.79 Å². The van der Waals surface area contributed by atoms with Crippen LogP contribution in [0.5, 0.6) is 0 Å². The molecule has 0 aliphatic heterocycles. The van der Waals surface area contributed by atoms with Crippen LogP contribution >= 0.6 is 11.8 Å².